The van der Waals surface area contributed by atoms with E-state index in [4.69, 9.17) is 11.3 Å². The van der Waals surface area contributed by atoms with Gasteiger partial charge < -0.3 is 5.73 Å². The number of benzene rings is 1. The van der Waals surface area contributed by atoms with Crippen molar-refractivity contribution >= 4 is 0 Å². The molecular formula is C9H14N4. The molecule has 3 N–H and O–H groups in total. The topological polar surface area (TPSA) is 65.5 Å². The normalized spacial score (nSPS) is 9.69. The maximum Gasteiger partial charge on any atom is 0.0850 e. The van der Waals surface area contributed by atoms with Crippen molar-refractivity contribution in [3.63, 3.8) is 0 Å². The van der Waals surface area contributed by atoms with Crippen molar-refractivity contribution in [3.8, 4) is 0 Å². The van der Waals surface area contributed by atoms with Gasteiger partial charge in [0.25, 0.3) is 0 Å². The highest BCUT2D eigenvalue weighted by molar-refractivity contribution is 5.20. The van der Waals surface area contributed by atoms with Gasteiger partial charge in [0.15, 0.2) is 0 Å². The molecule has 0 saturated carbocycles. The lowest BCUT2D eigenvalue weighted by atomic mass is 10.1. The molecule has 13 heavy (non-hydrogen) atoms. The molecule has 1 rings (SSSR count). The maximum absolute atomic E-state index is 6.82. The second kappa shape index (κ2) is 4.57. The molecule has 0 heterocycles. The average molecular weight is 178 g/mol. The van der Waals surface area contributed by atoms with Crippen LogP contribution in [0.5, 0.6) is 0 Å². The monoisotopic (exact) mass is 178 g/mol. The SMILES string of the molecule is Cc1ccc(CN(CN)N=N)cc1. The second-order valence-electron chi connectivity index (χ2n) is 2.93. The van der Waals surface area contributed by atoms with E-state index in [1.807, 2.05) is 31.2 Å². The zero-order valence-electron chi connectivity index (χ0n) is 7.70. The zero-order valence-corrected chi connectivity index (χ0v) is 7.70. The van der Waals surface area contributed by atoms with Gasteiger partial charge in [-0.1, -0.05) is 35.1 Å². The molecule has 0 atom stereocenters. The molecule has 0 amide bonds. The van der Waals surface area contributed by atoms with Crippen LogP contribution in [0.2, 0.25) is 0 Å². The van der Waals surface area contributed by atoms with Gasteiger partial charge >= 0.3 is 0 Å². The summed E-state index contributed by atoms with van der Waals surface area (Å²) in [6, 6.07) is 8.11. The fourth-order valence-electron chi connectivity index (χ4n) is 1.04. The molecular weight excluding hydrogens is 164 g/mol. The molecule has 1 aromatic carbocycles. The summed E-state index contributed by atoms with van der Waals surface area (Å²) in [6.07, 6.45) is 0. The number of nitrogens with two attached hydrogens (primary N) is 1. The van der Waals surface area contributed by atoms with Gasteiger partial charge in [-0.05, 0) is 12.5 Å². The molecule has 0 aromatic heterocycles. The van der Waals surface area contributed by atoms with Crippen LogP contribution in [-0.4, -0.2) is 11.7 Å². The fraction of sp³-hybridized carbons (Fsp3) is 0.333. The Hall–Kier alpha value is -1.42. The van der Waals surface area contributed by atoms with E-state index >= 15 is 0 Å². The predicted molar refractivity (Wildman–Crippen MR) is 50.9 cm³/mol. The fourth-order valence-corrected chi connectivity index (χ4v) is 1.04. The molecule has 0 spiro atoms. The van der Waals surface area contributed by atoms with Gasteiger partial charge in [-0.2, -0.15) is 5.53 Å². The molecule has 70 valence electrons. The van der Waals surface area contributed by atoms with Crippen molar-refractivity contribution in [2.45, 2.75) is 13.5 Å². The van der Waals surface area contributed by atoms with Crippen LogP contribution in [0.4, 0.5) is 0 Å². The van der Waals surface area contributed by atoms with Gasteiger partial charge in [-0.15, -0.1) is 0 Å². The highest BCUT2D eigenvalue weighted by Gasteiger charge is 1.98. The first-order chi connectivity index (χ1) is 6.26. The maximum atomic E-state index is 6.82. The van der Waals surface area contributed by atoms with E-state index in [1.165, 1.54) is 10.6 Å². The average Bonchev–Trinajstić information content (AvgIpc) is 2.17. The summed E-state index contributed by atoms with van der Waals surface area (Å²) in [4.78, 5) is 0. The Labute approximate surface area is 77.8 Å². The van der Waals surface area contributed by atoms with Crippen LogP contribution in [0.1, 0.15) is 11.1 Å². The second-order valence-corrected chi connectivity index (χ2v) is 2.93. The van der Waals surface area contributed by atoms with Crippen LogP contribution in [-0.2, 0) is 6.54 Å². The summed E-state index contributed by atoms with van der Waals surface area (Å²) in [5.74, 6) is 0. The number of hydrogen-bond acceptors (Lipinski definition) is 3. The van der Waals surface area contributed by atoms with Crippen LogP contribution in [0.3, 0.4) is 0 Å². The molecule has 0 aliphatic carbocycles. The molecule has 0 aliphatic heterocycles. The van der Waals surface area contributed by atoms with Crippen molar-refractivity contribution in [3.05, 3.63) is 35.4 Å². The molecule has 4 nitrogen and oxygen atoms in total. The minimum atomic E-state index is 0.275. The lowest BCUT2D eigenvalue weighted by Gasteiger charge is -2.13. The lowest BCUT2D eigenvalue weighted by molar-refractivity contribution is 0.259. The first-order valence-electron chi connectivity index (χ1n) is 4.14. The molecule has 0 fully saturated rings. The van der Waals surface area contributed by atoms with E-state index in [9.17, 15) is 0 Å². The summed E-state index contributed by atoms with van der Waals surface area (Å²) in [7, 11) is 0. The van der Waals surface area contributed by atoms with Crippen LogP contribution in [0, 0.1) is 12.5 Å². The Morgan fingerprint density at radius 2 is 2.00 bits per heavy atom. The number of rotatable bonds is 4. The van der Waals surface area contributed by atoms with Crippen molar-refractivity contribution in [1.29, 1.82) is 5.53 Å². The molecule has 0 unspecified atom stereocenters. The molecule has 0 saturated heterocycles. The Morgan fingerprint density at radius 1 is 1.38 bits per heavy atom. The minimum absolute atomic E-state index is 0.275. The lowest BCUT2D eigenvalue weighted by Crippen LogP contribution is -2.23. The minimum Gasteiger partial charge on any atom is -0.313 e. The largest absolute Gasteiger partial charge is 0.313 e. The molecule has 4 heteroatoms. The van der Waals surface area contributed by atoms with Gasteiger partial charge in [0.05, 0.1) is 13.2 Å². The van der Waals surface area contributed by atoms with Gasteiger partial charge in [0.1, 0.15) is 0 Å². The van der Waals surface area contributed by atoms with Crippen molar-refractivity contribution in [2.75, 3.05) is 6.67 Å². The number of aryl methyl sites for hydroxylation is 1. The Kier molecular flexibility index (Phi) is 3.40. The summed E-state index contributed by atoms with van der Waals surface area (Å²) in [5.41, 5.74) is 14.5. The van der Waals surface area contributed by atoms with Crippen LogP contribution < -0.4 is 5.73 Å². The number of nitrogens with one attached hydrogen (secondary N) is 1. The third-order valence-corrected chi connectivity index (χ3v) is 1.84. The van der Waals surface area contributed by atoms with Crippen LogP contribution >= 0.6 is 0 Å². The Balaban J connectivity index is 2.63. The Bertz CT molecular complexity index is 267. The Morgan fingerprint density at radius 3 is 2.46 bits per heavy atom. The number of nitrogens with zero attached hydrogens (tertiary/aromatic N) is 2. The van der Waals surface area contributed by atoms with Crippen molar-refractivity contribution in [2.24, 2.45) is 11.0 Å². The first kappa shape index (κ1) is 9.67. The van der Waals surface area contributed by atoms with Gasteiger partial charge in [0.2, 0.25) is 0 Å². The molecule has 0 radical (unpaired) electrons. The molecule has 0 aliphatic rings. The summed E-state index contributed by atoms with van der Waals surface area (Å²) in [5, 5.41) is 4.77. The van der Waals surface area contributed by atoms with Gasteiger partial charge in [0, 0.05) is 0 Å². The highest BCUT2D eigenvalue weighted by Crippen LogP contribution is 2.05. The van der Waals surface area contributed by atoms with Crippen LogP contribution in [0.15, 0.2) is 29.5 Å². The van der Waals surface area contributed by atoms with E-state index in [0.29, 0.717) is 6.54 Å². The zero-order chi connectivity index (χ0) is 9.68. The molecule has 1 aromatic rings. The third kappa shape index (κ3) is 2.83. The van der Waals surface area contributed by atoms with Crippen molar-refractivity contribution in [1.82, 2.24) is 5.01 Å². The van der Waals surface area contributed by atoms with E-state index in [-0.39, 0.29) is 6.67 Å². The van der Waals surface area contributed by atoms with E-state index in [0.717, 1.165) is 5.56 Å². The number of hydrogen-bond donors (Lipinski definition) is 2. The smallest absolute Gasteiger partial charge is 0.0850 e. The highest BCUT2D eigenvalue weighted by atomic mass is 15.5. The first-order valence-corrected chi connectivity index (χ1v) is 4.14. The van der Waals surface area contributed by atoms with Crippen molar-refractivity contribution < 1.29 is 0 Å². The van der Waals surface area contributed by atoms with Gasteiger partial charge in [-0.25, -0.2) is 0 Å². The predicted octanol–water partition coefficient (Wildman–Crippen LogP) is 1.66. The van der Waals surface area contributed by atoms with Gasteiger partial charge in [-0.3, -0.25) is 5.01 Å². The third-order valence-electron chi connectivity index (χ3n) is 1.84. The standard InChI is InChI=1S/C9H14N4/c1-8-2-4-9(5-3-8)6-13(7-10)12-11/h2-5,11H,6-7,10H2,1H3. The summed E-state index contributed by atoms with van der Waals surface area (Å²) >= 11 is 0. The van der Waals surface area contributed by atoms with Crippen LogP contribution in [0.25, 0.3) is 0 Å². The quantitative estimate of drug-likeness (QED) is 0.418. The molecule has 0 bridgehead atoms. The summed E-state index contributed by atoms with van der Waals surface area (Å²) < 4.78 is 0. The van der Waals surface area contributed by atoms with E-state index in [2.05, 4.69) is 5.22 Å². The summed E-state index contributed by atoms with van der Waals surface area (Å²) in [6.45, 7) is 2.91. The van der Waals surface area contributed by atoms with E-state index in [1.54, 1.807) is 0 Å². The van der Waals surface area contributed by atoms with E-state index < -0.39 is 0 Å².